The number of anilines is 1. The van der Waals surface area contributed by atoms with E-state index in [9.17, 15) is 9.90 Å². The molecule has 4 rings (SSSR count). The van der Waals surface area contributed by atoms with Gasteiger partial charge >= 0.3 is 5.97 Å². The molecule has 1 saturated heterocycles. The van der Waals surface area contributed by atoms with Crippen LogP contribution in [0.15, 0.2) is 54.6 Å². The fourth-order valence-electron chi connectivity index (χ4n) is 3.62. The van der Waals surface area contributed by atoms with Gasteiger partial charge in [-0.05, 0) is 44.0 Å². The number of carboxylic acids is 1. The number of carbonyl (C=O) groups is 1. The molecule has 0 radical (unpaired) electrons. The van der Waals surface area contributed by atoms with Gasteiger partial charge in [0, 0.05) is 23.5 Å². The highest BCUT2D eigenvalue weighted by molar-refractivity contribution is 5.96. The van der Waals surface area contributed by atoms with Crippen LogP contribution in [-0.4, -0.2) is 28.6 Å². The van der Waals surface area contributed by atoms with Gasteiger partial charge in [-0.3, -0.25) is 0 Å². The molecule has 1 N–H and O–H groups in total. The van der Waals surface area contributed by atoms with Crippen LogP contribution in [0.3, 0.4) is 0 Å². The van der Waals surface area contributed by atoms with E-state index in [1.807, 2.05) is 18.2 Å². The van der Waals surface area contributed by atoms with Crippen molar-refractivity contribution in [3.8, 4) is 11.3 Å². The van der Waals surface area contributed by atoms with Gasteiger partial charge in [-0.1, -0.05) is 30.3 Å². The Morgan fingerprint density at radius 3 is 2.64 bits per heavy atom. The number of aromatic nitrogens is 1. The molecular weight excluding hydrogens is 312 g/mol. The van der Waals surface area contributed by atoms with Crippen molar-refractivity contribution in [3.63, 3.8) is 0 Å². The largest absolute Gasteiger partial charge is 0.478 e. The summed E-state index contributed by atoms with van der Waals surface area (Å²) in [6, 6.07) is 17.9. The number of aromatic carboxylic acids is 1. The number of rotatable bonds is 3. The third-order valence-electron chi connectivity index (χ3n) is 4.95. The average molecular weight is 332 g/mol. The smallest absolute Gasteiger partial charge is 0.335 e. The molecule has 0 aliphatic carbocycles. The van der Waals surface area contributed by atoms with Gasteiger partial charge in [0.05, 0.1) is 22.5 Å². The van der Waals surface area contributed by atoms with E-state index in [1.165, 1.54) is 12.8 Å². The minimum absolute atomic E-state index is 0.294. The topological polar surface area (TPSA) is 53.4 Å². The zero-order chi connectivity index (χ0) is 17.4. The maximum Gasteiger partial charge on any atom is 0.335 e. The van der Waals surface area contributed by atoms with Gasteiger partial charge in [-0.25, -0.2) is 9.78 Å². The summed E-state index contributed by atoms with van der Waals surface area (Å²) in [5, 5.41) is 10.1. The Balaban J connectivity index is 1.95. The number of carboxylic acid groups (broad SMARTS) is 1. The summed E-state index contributed by atoms with van der Waals surface area (Å²) >= 11 is 0. The molecule has 3 aromatic rings. The lowest BCUT2D eigenvalue weighted by molar-refractivity contribution is 0.0697. The Kier molecular flexibility index (Phi) is 3.88. The predicted molar refractivity (Wildman–Crippen MR) is 100 cm³/mol. The second-order valence-corrected chi connectivity index (χ2v) is 6.62. The lowest BCUT2D eigenvalue weighted by Crippen LogP contribution is -2.27. The molecule has 1 aliphatic rings. The van der Waals surface area contributed by atoms with Crippen LogP contribution in [0.2, 0.25) is 0 Å². The van der Waals surface area contributed by atoms with E-state index in [2.05, 4.69) is 30.0 Å². The Bertz CT molecular complexity index is 937. The monoisotopic (exact) mass is 332 g/mol. The molecule has 0 saturated carbocycles. The molecule has 25 heavy (non-hydrogen) atoms. The van der Waals surface area contributed by atoms with Gasteiger partial charge in [0.1, 0.15) is 0 Å². The first kappa shape index (κ1) is 15.6. The van der Waals surface area contributed by atoms with Crippen LogP contribution in [0.5, 0.6) is 0 Å². The minimum atomic E-state index is -0.912. The number of benzene rings is 2. The molecule has 1 aliphatic heterocycles. The van der Waals surface area contributed by atoms with Crippen LogP contribution in [0.1, 0.15) is 30.1 Å². The van der Waals surface area contributed by atoms with Crippen molar-refractivity contribution in [2.75, 3.05) is 11.4 Å². The average Bonchev–Trinajstić information content (AvgIpc) is 3.06. The molecule has 4 nitrogen and oxygen atoms in total. The Labute approximate surface area is 146 Å². The summed E-state index contributed by atoms with van der Waals surface area (Å²) < 4.78 is 0. The quantitative estimate of drug-likeness (QED) is 0.762. The second kappa shape index (κ2) is 6.20. The summed E-state index contributed by atoms with van der Waals surface area (Å²) in [7, 11) is 0. The number of hydrogen-bond donors (Lipinski definition) is 1. The van der Waals surface area contributed by atoms with Gasteiger partial charge in [-0.2, -0.15) is 0 Å². The lowest BCUT2D eigenvalue weighted by atomic mass is 10.0. The van der Waals surface area contributed by atoms with Crippen molar-refractivity contribution in [2.45, 2.75) is 25.8 Å². The molecule has 2 aromatic carbocycles. The van der Waals surface area contributed by atoms with Gasteiger partial charge in [-0.15, -0.1) is 0 Å². The van der Waals surface area contributed by atoms with Crippen LogP contribution < -0.4 is 4.90 Å². The molecule has 0 spiro atoms. The van der Waals surface area contributed by atoms with Gasteiger partial charge in [0.25, 0.3) is 0 Å². The SMILES string of the molecule is CC1CCCN1c1cc2cc(C(=O)O)ccc2nc1-c1ccccc1. The summed E-state index contributed by atoms with van der Waals surface area (Å²) in [5.74, 6) is -0.912. The molecule has 1 fully saturated rings. The highest BCUT2D eigenvalue weighted by Gasteiger charge is 2.24. The highest BCUT2D eigenvalue weighted by atomic mass is 16.4. The third-order valence-corrected chi connectivity index (χ3v) is 4.95. The molecule has 0 amide bonds. The van der Waals surface area contributed by atoms with E-state index in [0.29, 0.717) is 11.6 Å². The van der Waals surface area contributed by atoms with E-state index >= 15 is 0 Å². The van der Waals surface area contributed by atoms with Crippen molar-refractivity contribution in [3.05, 3.63) is 60.2 Å². The molecule has 4 heteroatoms. The van der Waals surface area contributed by atoms with Crippen molar-refractivity contribution in [1.29, 1.82) is 0 Å². The molecule has 1 atom stereocenters. The molecule has 1 aromatic heterocycles. The molecule has 0 bridgehead atoms. The summed E-state index contributed by atoms with van der Waals surface area (Å²) in [6.45, 7) is 3.24. The van der Waals surface area contributed by atoms with Crippen LogP contribution in [0, 0.1) is 0 Å². The second-order valence-electron chi connectivity index (χ2n) is 6.62. The summed E-state index contributed by atoms with van der Waals surface area (Å²) in [6.07, 6.45) is 2.34. The fraction of sp³-hybridized carbons (Fsp3) is 0.238. The Morgan fingerprint density at radius 2 is 1.96 bits per heavy atom. The Morgan fingerprint density at radius 1 is 1.16 bits per heavy atom. The van der Waals surface area contributed by atoms with Gasteiger partial charge < -0.3 is 10.0 Å². The zero-order valence-corrected chi connectivity index (χ0v) is 14.1. The van der Waals surface area contributed by atoms with E-state index in [-0.39, 0.29) is 0 Å². The standard InChI is InChI=1S/C21H20N2O2/c1-14-6-5-11-23(14)19-13-17-12-16(21(24)25)9-10-18(17)22-20(19)15-7-3-2-4-8-15/h2-4,7-10,12-14H,5-6,11H2,1H3,(H,24,25). The first-order chi connectivity index (χ1) is 12.1. The minimum Gasteiger partial charge on any atom is -0.478 e. The van der Waals surface area contributed by atoms with Gasteiger partial charge in [0.15, 0.2) is 0 Å². The van der Waals surface area contributed by atoms with Gasteiger partial charge in [0.2, 0.25) is 0 Å². The van der Waals surface area contributed by atoms with E-state index < -0.39 is 5.97 Å². The van der Waals surface area contributed by atoms with Crippen molar-refractivity contribution in [1.82, 2.24) is 4.98 Å². The van der Waals surface area contributed by atoms with Crippen molar-refractivity contribution < 1.29 is 9.90 Å². The molecule has 2 heterocycles. The first-order valence-corrected chi connectivity index (χ1v) is 8.63. The molecule has 1 unspecified atom stereocenters. The third kappa shape index (κ3) is 2.84. The summed E-state index contributed by atoms with van der Waals surface area (Å²) in [4.78, 5) is 18.6. The van der Waals surface area contributed by atoms with E-state index in [4.69, 9.17) is 4.98 Å². The molecular formula is C21H20N2O2. The summed E-state index contributed by atoms with van der Waals surface area (Å²) in [5.41, 5.74) is 4.25. The predicted octanol–water partition coefficient (Wildman–Crippen LogP) is 4.59. The lowest BCUT2D eigenvalue weighted by Gasteiger charge is -2.26. The number of nitrogens with zero attached hydrogens (tertiary/aromatic N) is 2. The molecule has 126 valence electrons. The zero-order valence-electron chi connectivity index (χ0n) is 14.1. The van der Waals surface area contributed by atoms with Crippen LogP contribution in [0.25, 0.3) is 22.2 Å². The van der Waals surface area contributed by atoms with E-state index in [1.54, 1.807) is 18.2 Å². The van der Waals surface area contributed by atoms with Crippen LogP contribution in [0.4, 0.5) is 5.69 Å². The first-order valence-electron chi connectivity index (χ1n) is 8.63. The normalized spacial score (nSPS) is 17.2. The Hall–Kier alpha value is -2.88. The van der Waals surface area contributed by atoms with E-state index in [0.717, 1.165) is 34.4 Å². The maximum atomic E-state index is 11.3. The van der Waals surface area contributed by atoms with Crippen molar-refractivity contribution in [2.24, 2.45) is 0 Å². The van der Waals surface area contributed by atoms with Crippen LogP contribution in [-0.2, 0) is 0 Å². The maximum absolute atomic E-state index is 11.3. The fourth-order valence-corrected chi connectivity index (χ4v) is 3.62. The number of fused-ring (bicyclic) bond motifs is 1. The van der Waals surface area contributed by atoms with Crippen LogP contribution >= 0.6 is 0 Å². The highest BCUT2D eigenvalue weighted by Crippen LogP contribution is 2.36. The number of pyridine rings is 1. The van der Waals surface area contributed by atoms with Crippen molar-refractivity contribution >= 4 is 22.6 Å². The number of hydrogen-bond acceptors (Lipinski definition) is 3.